The van der Waals surface area contributed by atoms with Crippen LogP contribution in [0, 0.1) is 11.8 Å². The number of hydrogen-bond donors (Lipinski definition) is 5. The first kappa shape index (κ1) is 59.5. The number of aliphatic hydroxyl groups excluding tert-OH is 1. The van der Waals surface area contributed by atoms with Crippen molar-refractivity contribution >= 4 is 12.1 Å². The SMILES string of the molecule is CCCCCCCCC(CCCCCC)CNC(=O)NCCCCCCN(CCCCCCCO)CCCCCCNC(=O)NCC(CCCCCC)CCCCCCCC. The number of amides is 4. The van der Waals surface area contributed by atoms with Crippen molar-refractivity contribution in [2.75, 3.05) is 52.4 Å². The minimum atomic E-state index is 0.0152. The highest BCUT2D eigenvalue weighted by atomic mass is 16.3. The van der Waals surface area contributed by atoms with Gasteiger partial charge in [-0.1, -0.05) is 201 Å². The Morgan fingerprint density at radius 2 is 0.639 bits per heavy atom. The average molecular weight is 864 g/mol. The summed E-state index contributed by atoms with van der Waals surface area (Å²) < 4.78 is 0. The molecule has 5 N–H and O–H groups in total. The zero-order chi connectivity index (χ0) is 44.5. The molecule has 0 spiro atoms. The molecule has 0 saturated heterocycles. The molecule has 8 nitrogen and oxygen atoms in total. The summed E-state index contributed by atoms with van der Waals surface area (Å²) in [5, 5.41) is 21.8. The minimum absolute atomic E-state index is 0.0152. The number of aliphatic hydroxyl groups is 1. The quantitative estimate of drug-likeness (QED) is 0.0393. The lowest BCUT2D eigenvalue weighted by Gasteiger charge is -2.22. The molecular weight excluding hydrogens is 755 g/mol. The maximum atomic E-state index is 12.6. The molecule has 364 valence electrons. The lowest BCUT2D eigenvalue weighted by Crippen LogP contribution is -2.38. The molecule has 0 fully saturated rings. The number of carbonyl (C=O) groups excluding carboxylic acids is 2. The summed E-state index contributed by atoms with van der Waals surface area (Å²) in [6.07, 6.45) is 46.4. The van der Waals surface area contributed by atoms with Crippen LogP contribution in [-0.2, 0) is 0 Å². The number of unbranched alkanes of at least 4 members (excludes halogenated alkanes) is 26. The fraction of sp³-hybridized carbons (Fsp3) is 0.962. The molecule has 61 heavy (non-hydrogen) atoms. The molecule has 0 rings (SSSR count). The highest BCUT2D eigenvalue weighted by Crippen LogP contribution is 2.20. The molecule has 0 aliphatic rings. The highest BCUT2D eigenvalue weighted by Gasteiger charge is 2.13. The minimum Gasteiger partial charge on any atom is -0.396 e. The van der Waals surface area contributed by atoms with E-state index >= 15 is 0 Å². The van der Waals surface area contributed by atoms with E-state index < -0.39 is 0 Å². The third-order valence-electron chi connectivity index (χ3n) is 13.0. The summed E-state index contributed by atoms with van der Waals surface area (Å²) in [5.41, 5.74) is 0. The molecule has 0 aliphatic heterocycles. The average Bonchev–Trinajstić information content (AvgIpc) is 3.26. The number of rotatable bonds is 49. The Balaban J connectivity index is 4.39. The topological polar surface area (TPSA) is 106 Å². The van der Waals surface area contributed by atoms with E-state index in [9.17, 15) is 9.59 Å². The first-order valence-electron chi connectivity index (χ1n) is 27.4. The van der Waals surface area contributed by atoms with E-state index in [0.29, 0.717) is 18.4 Å². The largest absolute Gasteiger partial charge is 0.396 e. The van der Waals surface area contributed by atoms with E-state index in [1.54, 1.807) is 0 Å². The fourth-order valence-electron chi connectivity index (χ4n) is 8.79. The van der Waals surface area contributed by atoms with Crippen molar-refractivity contribution in [1.82, 2.24) is 26.2 Å². The third-order valence-corrected chi connectivity index (χ3v) is 13.0. The molecule has 0 aromatic rings. The van der Waals surface area contributed by atoms with Gasteiger partial charge in [0.2, 0.25) is 0 Å². The van der Waals surface area contributed by atoms with Crippen LogP contribution >= 0.6 is 0 Å². The van der Waals surface area contributed by atoms with Gasteiger partial charge in [-0.2, -0.15) is 0 Å². The molecule has 0 heterocycles. The third kappa shape index (κ3) is 44.8. The van der Waals surface area contributed by atoms with E-state index in [1.807, 2.05) is 0 Å². The first-order chi connectivity index (χ1) is 30.0. The summed E-state index contributed by atoms with van der Waals surface area (Å²) >= 11 is 0. The summed E-state index contributed by atoms with van der Waals surface area (Å²) in [4.78, 5) is 27.9. The molecule has 0 bridgehead atoms. The second kappa shape index (κ2) is 49.5. The summed E-state index contributed by atoms with van der Waals surface area (Å²) in [5.74, 6) is 1.22. The molecule has 0 aromatic heterocycles. The molecular formula is C53H109N5O3. The molecule has 8 heteroatoms. The van der Waals surface area contributed by atoms with Crippen molar-refractivity contribution in [3.05, 3.63) is 0 Å². The predicted molar refractivity (Wildman–Crippen MR) is 267 cm³/mol. The Kier molecular flexibility index (Phi) is 48.2. The van der Waals surface area contributed by atoms with Gasteiger partial charge in [-0.3, -0.25) is 0 Å². The molecule has 2 unspecified atom stereocenters. The van der Waals surface area contributed by atoms with Crippen molar-refractivity contribution in [1.29, 1.82) is 0 Å². The van der Waals surface area contributed by atoms with Gasteiger partial charge < -0.3 is 31.3 Å². The number of hydrogen-bond acceptors (Lipinski definition) is 4. The van der Waals surface area contributed by atoms with Crippen LogP contribution in [0.2, 0.25) is 0 Å². The van der Waals surface area contributed by atoms with Gasteiger partial charge in [0.1, 0.15) is 0 Å². The second-order valence-corrected chi connectivity index (χ2v) is 19.0. The van der Waals surface area contributed by atoms with E-state index in [1.165, 1.54) is 206 Å². The Labute approximate surface area is 381 Å². The van der Waals surface area contributed by atoms with Gasteiger partial charge in [0.05, 0.1) is 0 Å². The van der Waals surface area contributed by atoms with E-state index in [0.717, 1.165) is 77.8 Å². The Morgan fingerprint density at radius 1 is 0.361 bits per heavy atom. The van der Waals surface area contributed by atoms with Crippen LogP contribution < -0.4 is 21.3 Å². The van der Waals surface area contributed by atoms with Crippen molar-refractivity contribution in [2.45, 2.75) is 265 Å². The molecule has 0 aliphatic carbocycles. The van der Waals surface area contributed by atoms with Crippen LogP contribution in [0.1, 0.15) is 265 Å². The standard InChI is InChI=1S/C53H109N5O3/c1-5-9-13-17-20-30-40-50(38-28-15-11-7-3)48-56-52(60)54-42-32-22-25-35-45-58(44-34-24-19-27-37-47-59)46-36-26-23-33-43-55-53(61)57-49-51(39-29-16-12-8-4)41-31-21-18-14-10-6-2/h50-51,59H,5-49H2,1-4H3,(H2,54,56,60)(H2,55,57,61). The zero-order valence-corrected chi connectivity index (χ0v) is 41.7. The van der Waals surface area contributed by atoms with Gasteiger partial charge in [-0.15, -0.1) is 0 Å². The number of nitrogens with zero attached hydrogens (tertiary/aromatic N) is 1. The monoisotopic (exact) mass is 864 g/mol. The van der Waals surface area contributed by atoms with Gasteiger partial charge in [0.15, 0.2) is 0 Å². The predicted octanol–water partition coefficient (Wildman–Crippen LogP) is 14.6. The van der Waals surface area contributed by atoms with Crippen molar-refractivity contribution < 1.29 is 14.7 Å². The number of nitrogens with one attached hydrogen (secondary N) is 4. The summed E-state index contributed by atoms with van der Waals surface area (Å²) in [7, 11) is 0. The Morgan fingerprint density at radius 3 is 0.984 bits per heavy atom. The molecule has 0 saturated carbocycles. The van der Waals surface area contributed by atoms with Crippen molar-refractivity contribution in [2.24, 2.45) is 11.8 Å². The van der Waals surface area contributed by atoms with E-state index in [-0.39, 0.29) is 12.1 Å². The van der Waals surface area contributed by atoms with Gasteiger partial charge >= 0.3 is 12.1 Å². The van der Waals surface area contributed by atoms with Crippen molar-refractivity contribution in [3.8, 4) is 0 Å². The van der Waals surface area contributed by atoms with Crippen LogP contribution in [0.5, 0.6) is 0 Å². The van der Waals surface area contributed by atoms with Gasteiger partial charge in [-0.05, 0) is 95.7 Å². The Hall–Kier alpha value is -1.54. The van der Waals surface area contributed by atoms with E-state index in [2.05, 4.69) is 53.9 Å². The second-order valence-electron chi connectivity index (χ2n) is 19.0. The van der Waals surface area contributed by atoms with Crippen LogP contribution in [0.15, 0.2) is 0 Å². The summed E-state index contributed by atoms with van der Waals surface area (Å²) in [6.45, 7) is 16.0. The van der Waals surface area contributed by atoms with Gasteiger partial charge in [0, 0.05) is 32.8 Å². The maximum Gasteiger partial charge on any atom is 0.314 e. The van der Waals surface area contributed by atoms with Gasteiger partial charge in [0.25, 0.3) is 0 Å². The van der Waals surface area contributed by atoms with Crippen LogP contribution in [0.3, 0.4) is 0 Å². The van der Waals surface area contributed by atoms with Crippen LogP contribution in [-0.4, -0.2) is 74.5 Å². The van der Waals surface area contributed by atoms with Crippen LogP contribution in [0.25, 0.3) is 0 Å². The lowest BCUT2D eigenvalue weighted by atomic mass is 9.94. The Bertz CT molecular complexity index is 830. The molecule has 0 radical (unpaired) electrons. The van der Waals surface area contributed by atoms with E-state index in [4.69, 9.17) is 5.11 Å². The molecule has 0 aromatic carbocycles. The first-order valence-corrected chi connectivity index (χ1v) is 27.4. The number of carbonyl (C=O) groups is 2. The number of urea groups is 2. The normalized spacial score (nSPS) is 12.5. The van der Waals surface area contributed by atoms with Gasteiger partial charge in [-0.25, -0.2) is 9.59 Å². The fourth-order valence-corrected chi connectivity index (χ4v) is 8.79. The smallest absolute Gasteiger partial charge is 0.314 e. The molecule has 2 atom stereocenters. The highest BCUT2D eigenvalue weighted by molar-refractivity contribution is 5.74. The lowest BCUT2D eigenvalue weighted by molar-refractivity contribution is 0.236. The zero-order valence-electron chi connectivity index (χ0n) is 41.7. The maximum absolute atomic E-state index is 12.6. The summed E-state index contributed by atoms with van der Waals surface area (Å²) in [6, 6.07) is 0.0304. The van der Waals surface area contributed by atoms with Crippen LogP contribution in [0.4, 0.5) is 9.59 Å². The molecule has 4 amide bonds. The van der Waals surface area contributed by atoms with Crippen molar-refractivity contribution in [3.63, 3.8) is 0 Å².